The van der Waals surface area contributed by atoms with Crippen molar-refractivity contribution in [3.8, 4) is 0 Å². The molecule has 0 spiro atoms. The molecule has 130 valence electrons. The Kier molecular flexibility index (Phi) is 4.47. The van der Waals surface area contributed by atoms with Crippen molar-refractivity contribution in [1.29, 1.82) is 0 Å². The van der Waals surface area contributed by atoms with Crippen LogP contribution in [0, 0.1) is 5.92 Å². The molecule has 5 nitrogen and oxygen atoms in total. The summed E-state index contributed by atoms with van der Waals surface area (Å²) >= 11 is 0. The second kappa shape index (κ2) is 6.44. The standard InChI is InChI=1S/C19H18O5S/c1-2-24-18(21)19(25(22,23)15-11-7-4-8-12-15)13-16(19)17(20)14-9-5-3-6-10-14/h3-12,16H,2,13H2,1H3. The molecule has 25 heavy (non-hydrogen) atoms. The van der Waals surface area contributed by atoms with Crippen LogP contribution in [0.3, 0.4) is 0 Å². The highest BCUT2D eigenvalue weighted by Gasteiger charge is 2.73. The van der Waals surface area contributed by atoms with E-state index in [2.05, 4.69) is 0 Å². The molecule has 2 unspecified atom stereocenters. The molecule has 0 aromatic heterocycles. The van der Waals surface area contributed by atoms with E-state index in [1.54, 1.807) is 55.5 Å². The predicted molar refractivity (Wildman–Crippen MR) is 91.9 cm³/mol. The SMILES string of the molecule is CCOC(=O)C1(S(=O)(=O)c2ccccc2)CC1C(=O)c1ccccc1. The average Bonchev–Trinajstić information content (AvgIpc) is 3.40. The number of carbonyl (C=O) groups is 2. The van der Waals surface area contributed by atoms with Gasteiger partial charge in [-0.1, -0.05) is 48.5 Å². The van der Waals surface area contributed by atoms with Crippen molar-refractivity contribution >= 4 is 21.6 Å². The second-order valence-electron chi connectivity index (χ2n) is 5.91. The number of hydrogen-bond donors (Lipinski definition) is 0. The highest BCUT2D eigenvalue weighted by atomic mass is 32.2. The Bertz CT molecular complexity index is 890. The number of Topliss-reactive ketones (excluding diaryl/α,β-unsaturated/α-hetero) is 1. The van der Waals surface area contributed by atoms with Crippen LogP contribution in [0.4, 0.5) is 0 Å². The van der Waals surface area contributed by atoms with Gasteiger partial charge in [0.05, 0.1) is 17.4 Å². The molecule has 3 rings (SSSR count). The molecule has 0 amide bonds. The van der Waals surface area contributed by atoms with Crippen LogP contribution >= 0.6 is 0 Å². The summed E-state index contributed by atoms with van der Waals surface area (Å²) in [6.45, 7) is 1.66. The van der Waals surface area contributed by atoms with E-state index < -0.39 is 26.5 Å². The van der Waals surface area contributed by atoms with Crippen LogP contribution < -0.4 is 0 Å². The first-order valence-corrected chi connectivity index (χ1v) is 9.49. The first-order chi connectivity index (χ1) is 11.9. The number of esters is 1. The summed E-state index contributed by atoms with van der Waals surface area (Å²) in [5, 5.41) is 0. The highest BCUT2D eigenvalue weighted by Crippen LogP contribution is 2.54. The quantitative estimate of drug-likeness (QED) is 0.586. The van der Waals surface area contributed by atoms with Crippen LogP contribution in [0.2, 0.25) is 0 Å². The van der Waals surface area contributed by atoms with Crippen molar-refractivity contribution in [2.45, 2.75) is 23.0 Å². The fourth-order valence-electron chi connectivity index (χ4n) is 3.05. The summed E-state index contributed by atoms with van der Waals surface area (Å²) < 4.78 is 29.4. The molecule has 2 aromatic carbocycles. The summed E-state index contributed by atoms with van der Waals surface area (Å²) in [6.07, 6.45) is -0.0587. The fourth-order valence-corrected chi connectivity index (χ4v) is 5.13. The van der Waals surface area contributed by atoms with Crippen molar-refractivity contribution in [2.24, 2.45) is 5.92 Å². The molecule has 1 fully saturated rings. The Labute approximate surface area is 146 Å². The van der Waals surface area contributed by atoms with Crippen LogP contribution in [-0.2, 0) is 19.4 Å². The molecular weight excluding hydrogens is 340 g/mol. The van der Waals surface area contributed by atoms with Gasteiger partial charge in [0.25, 0.3) is 0 Å². The Morgan fingerprint density at radius 3 is 2.16 bits per heavy atom. The molecule has 1 aliphatic rings. The van der Waals surface area contributed by atoms with Crippen molar-refractivity contribution < 1.29 is 22.7 Å². The molecule has 1 saturated carbocycles. The lowest BCUT2D eigenvalue weighted by Crippen LogP contribution is -2.38. The normalized spacial score (nSPS) is 22.2. The lowest BCUT2D eigenvalue weighted by Gasteiger charge is -2.17. The van der Waals surface area contributed by atoms with Gasteiger partial charge in [-0.15, -0.1) is 0 Å². The maximum Gasteiger partial charge on any atom is 0.328 e. The van der Waals surface area contributed by atoms with Crippen LogP contribution in [0.15, 0.2) is 65.6 Å². The number of sulfone groups is 1. The van der Waals surface area contributed by atoms with E-state index in [1.165, 1.54) is 12.1 Å². The van der Waals surface area contributed by atoms with Crippen molar-refractivity contribution in [1.82, 2.24) is 0 Å². The zero-order valence-electron chi connectivity index (χ0n) is 13.7. The zero-order valence-corrected chi connectivity index (χ0v) is 14.5. The van der Waals surface area contributed by atoms with Crippen LogP contribution in [-0.4, -0.2) is 31.5 Å². The zero-order chi connectivity index (χ0) is 18.1. The van der Waals surface area contributed by atoms with Gasteiger partial charge in [-0.2, -0.15) is 0 Å². The van der Waals surface area contributed by atoms with Crippen LogP contribution in [0.5, 0.6) is 0 Å². The lowest BCUT2D eigenvalue weighted by atomic mass is 10.1. The number of carbonyl (C=O) groups excluding carboxylic acids is 2. The summed E-state index contributed by atoms with van der Waals surface area (Å²) in [5.74, 6) is -2.14. The van der Waals surface area contributed by atoms with Gasteiger partial charge in [0.2, 0.25) is 0 Å². The molecule has 6 heteroatoms. The van der Waals surface area contributed by atoms with Gasteiger partial charge >= 0.3 is 5.97 Å². The summed E-state index contributed by atoms with van der Waals surface area (Å²) in [7, 11) is -4.05. The lowest BCUT2D eigenvalue weighted by molar-refractivity contribution is -0.143. The molecule has 0 bridgehead atoms. The number of rotatable bonds is 6. The van der Waals surface area contributed by atoms with Crippen LogP contribution in [0.1, 0.15) is 23.7 Å². The molecule has 2 aromatic rings. The van der Waals surface area contributed by atoms with E-state index >= 15 is 0 Å². The van der Waals surface area contributed by atoms with Gasteiger partial charge in [0.1, 0.15) is 0 Å². The summed E-state index contributed by atoms with van der Waals surface area (Å²) in [5.41, 5.74) is 0.391. The molecule has 0 radical (unpaired) electrons. The van der Waals surface area contributed by atoms with E-state index in [9.17, 15) is 18.0 Å². The number of hydrogen-bond acceptors (Lipinski definition) is 5. The minimum atomic E-state index is -4.05. The van der Waals surface area contributed by atoms with Gasteiger partial charge in [-0.25, -0.2) is 8.42 Å². The van der Waals surface area contributed by atoms with Crippen LogP contribution in [0.25, 0.3) is 0 Å². The van der Waals surface area contributed by atoms with Crippen molar-refractivity contribution in [2.75, 3.05) is 6.61 Å². The van der Waals surface area contributed by atoms with E-state index in [1.807, 2.05) is 0 Å². The Morgan fingerprint density at radius 2 is 1.60 bits per heavy atom. The number of ketones is 1. The average molecular weight is 358 g/mol. The maximum absolute atomic E-state index is 13.1. The van der Waals surface area contributed by atoms with Gasteiger partial charge in [0, 0.05) is 5.56 Å². The number of ether oxygens (including phenoxy) is 1. The minimum Gasteiger partial charge on any atom is -0.465 e. The Balaban J connectivity index is 2.03. The van der Waals surface area contributed by atoms with Gasteiger partial charge in [-0.05, 0) is 25.5 Å². The van der Waals surface area contributed by atoms with Gasteiger partial charge < -0.3 is 4.74 Å². The molecule has 1 aliphatic carbocycles. The fraction of sp³-hybridized carbons (Fsp3) is 0.263. The summed E-state index contributed by atoms with van der Waals surface area (Å²) in [4.78, 5) is 25.3. The molecule has 0 aliphatic heterocycles. The second-order valence-corrected chi connectivity index (χ2v) is 8.12. The van der Waals surface area contributed by atoms with Crippen molar-refractivity contribution in [3.05, 3.63) is 66.2 Å². The largest absolute Gasteiger partial charge is 0.465 e. The topological polar surface area (TPSA) is 77.5 Å². The number of benzene rings is 2. The van der Waals surface area contributed by atoms with E-state index in [4.69, 9.17) is 4.74 Å². The first kappa shape index (κ1) is 17.4. The van der Waals surface area contributed by atoms with Crippen molar-refractivity contribution in [3.63, 3.8) is 0 Å². The first-order valence-electron chi connectivity index (χ1n) is 8.01. The third kappa shape index (κ3) is 2.76. The van der Waals surface area contributed by atoms with E-state index in [0.717, 1.165) is 0 Å². The molecule has 2 atom stereocenters. The van der Waals surface area contributed by atoms with E-state index in [0.29, 0.717) is 5.56 Å². The van der Waals surface area contributed by atoms with Gasteiger partial charge in [-0.3, -0.25) is 9.59 Å². The molecular formula is C19H18O5S. The molecule has 0 saturated heterocycles. The third-order valence-electron chi connectivity index (χ3n) is 4.44. The monoisotopic (exact) mass is 358 g/mol. The minimum absolute atomic E-state index is 0.0198. The van der Waals surface area contributed by atoms with E-state index in [-0.39, 0.29) is 23.7 Å². The Morgan fingerprint density at radius 1 is 1.04 bits per heavy atom. The Hall–Kier alpha value is -2.47. The van der Waals surface area contributed by atoms with Gasteiger partial charge in [0.15, 0.2) is 20.4 Å². The smallest absolute Gasteiger partial charge is 0.328 e. The molecule has 0 N–H and O–H groups in total. The molecule has 0 heterocycles. The summed E-state index contributed by atoms with van der Waals surface area (Å²) in [6, 6.07) is 16.1. The predicted octanol–water partition coefficient (Wildman–Crippen LogP) is 2.67. The maximum atomic E-state index is 13.1. The third-order valence-corrected chi connectivity index (χ3v) is 6.91. The highest BCUT2D eigenvalue weighted by molar-refractivity contribution is 7.94.